The first-order chi connectivity index (χ1) is 22.1. The van der Waals surface area contributed by atoms with Gasteiger partial charge in [-0.2, -0.15) is 14.9 Å². The van der Waals surface area contributed by atoms with E-state index < -0.39 is 21.6 Å². The van der Waals surface area contributed by atoms with Gasteiger partial charge in [-0.05, 0) is 37.1 Å². The van der Waals surface area contributed by atoms with Crippen LogP contribution in [0.3, 0.4) is 0 Å². The van der Waals surface area contributed by atoms with Crippen molar-refractivity contribution < 1.29 is 9.59 Å². The zero-order valence-electron chi connectivity index (χ0n) is 25.3. The average Bonchev–Trinajstić information content (AvgIpc) is 3.43. The number of anilines is 2. The van der Waals surface area contributed by atoms with E-state index >= 15 is 0 Å². The standard InChI is InChI=1S/C30H32N10O6/c1-17-4-6-22(39(43)44)25-19(8-10-33-27(17)25)31-12-14-35-29(41)21-16-24(38(3)37-21)30(42)36-15-13-32-20-9-11-34-28-18(2)5-7-23(26(20)28)40(45)46/h4-11,16H,12-15H2,1-3H3,(H6-2,31,32,33,34,35,36,37,41,42,43,44,45,46)/q-2. The van der Waals surface area contributed by atoms with Gasteiger partial charge in [0.2, 0.25) is 10.7 Å². The second-order valence-corrected chi connectivity index (χ2v) is 10.5. The summed E-state index contributed by atoms with van der Waals surface area (Å²) in [6.07, 6.45) is 3.37. The van der Waals surface area contributed by atoms with Crippen molar-refractivity contribution >= 4 is 23.2 Å². The third-order valence-corrected chi connectivity index (χ3v) is 7.47. The topological polar surface area (TPSA) is 230 Å². The molecule has 0 saturated heterocycles. The fourth-order valence-corrected chi connectivity index (χ4v) is 5.21. The van der Waals surface area contributed by atoms with E-state index in [9.17, 15) is 30.4 Å². The molecule has 3 heterocycles. The second kappa shape index (κ2) is 13.2. The van der Waals surface area contributed by atoms with E-state index in [0.29, 0.717) is 33.9 Å². The van der Waals surface area contributed by atoms with Crippen LogP contribution >= 0.6 is 0 Å². The van der Waals surface area contributed by atoms with Gasteiger partial charge in [0.15, 0.2) is 5.69 Å². The van der Waals surface area contributed by atoms with Crippen LogP contribution in [-0.4, -0.2) is 57.7 Å². The molecule has 2 aliphatic carbocycles. The van der Waals surface area contributed by atoms with Gasteiger partial charge in [-0.3, -0.25) is 14.3 Å². The number of hydrogen-bond acceptors (Lipinski definition) is 9. The molecular weight excluding hydrogens is 596 g/mol. The Hall–Kier alpha value is -6.19. The van der Waals surface area contributed by atoms with Gasteiger partial charge in [0.05, 0.1) is 33.9 Å². The molecule has 0 radical (unpaired) electrons. The largest absolute Gasteiger partial charge is 0.612 e. The van der Waals surface area contributed by atoms with Gasteiger partial charge < -0.3 is 52.1 Å². The van der Waals surface area contributed by atoms with Crippen LogP contribution in [0, 0.1) is 34.7 Å². The van der Waals surface area contributed by atoms with Crippen LogP contribution < -0.4 is 41.8 Å². The van der Waals surface area contributed by atoms with Crippen LogP contribution in [0.25, 0.3) is 22.5 Å². The van der Waals surface area contributed by atoms with E-state index in [1.807, 2.05) is 13.8 Å². The predicted octanol–water partition coefficient (Wildman–Crippen LogP) is 1.12. The average molecular weight is 629 g/mol. The number of nitrogens with one attached hydrogen (secondary N) is 6. The molecule has 4 aliphatic rings. The molecular formula is C30H32N10O6-2. The Kier molecular flexibility index (Phi) is 8.97. The summed E-state index contributed by atoms with van der Waals surface area (Å²) in [5, 5.41) is 62.3. The van der Waals surface area contributed by atoms with Gasteiger partial charge in [-0.15, -0.1) is 0 Å². The molecule has 240 valence electrons. The van der Waals surface area contributed by atoms with Crippen molar-refractivity contribution in [3.05, 3.63) is 109 Å². The number of aromatic amines is 2. The summed E-state index contributed by atoms with van der Waals surface area (Å²) >= 11 is 0. The molecule has 6 N–H and O–H groups in total. The lowest BCUT2D eigenvalue weighted by Crippen LogP contribution is -2.31. The number of carbonyl (C=O) groups is 2. The molecule has 1 aromatic rings. The summed E-state index contributed by atoms with van der Waals surface area (Å²) in [7, 11) is 1.55. The zero-order chi connectivity index (χ0) is 33.0. The van der Waals surface area contributed by atoms with E-state index in [4.69, 9.17) is 0 Å². The normalized spacial score (nSPS) is 10.9. The van der Waals surface area contributed by atoms with E-state index in [2.05, 4.69) is 36.3 Å². The minimum absolute atomic E-state index is 0.0354. The third kappa shape index (κ3) is 6.35. The van der Waals surface area contributed by atoms with Gasteiger partial charge in [0.1, 0.15) is 5.69 Å². The molecule has 16 heteroatoms. The van der Waals surface area contributed by atoms with Crippen LogP contribution in [-0.2, 0) is 7.05 Å². The molecule has 46 heavy (non-hydrogen) atoms. The molecule has 0 unspecified atom stereocenters. The van der Waals surface area contributed by atoms with Crippen molar-refractivity contribution in [2.75, 3.05) is 36.8 Å². The van der Waals surface area contributed by atoms with Crippen LogP contribution in [0.2, 0.25) is 0 Å². The Balaban J connectivity index is 1.15. The van der Waals surface area contributed by atoms with Gasteiger partial charge in [0.25, 0.3) is 11.8 Å². The predicted molar refractivity (Wildman–Crippen MR) is 173 cm³/mol. The number of carbonyl (C=O) groups excluding carboxylic acids is 2. The van der Waals surface area contributed by atoms with Crippen molar-refractivity contribution in [3.8, 4) is 22.5 Å². The second-order valence-electron chi connectivity index (χ2n) is 10.5. The number of aromatic nitrogens is 4. The van der Waals surface area contributed by atoms with E-state index in [-0.39, 0.29) is 48.3 Å². The lowest BCUT2D eigenvalue weighted by molar-refractivity contribution is 0.0940. The molecule has 0 saturated carbocycles. The van der Waals surface area contributed by atoms with Crippen molar-refractivity contribution in [2.45, 2.75) is 13.8 Å². The molecule has 0 atom stereocenters. The molecule has 16 nitrogen and oxygen atoms in total. The molecule has 5 rings (SSSR count). The van der Waals surface area contributed by atoms with Crippen LogP contribution in [0.1, 0.15) is 32.1 Å². The Labute approximate surface area is 262 Å². The zero-order valence-corrected chi connectivity index (χ0v) is 25.3. The molecule has 1 aromatic heterocycles. The lowest BCUT2D eigenvalue weighted by Gasteiger charge is -2.16. The molecule has 0 bridgehead atoms. The van der Waals surface area contributed by atoms with Crippen LogP contribution in [0.5, 0.6) is 0 Å². The summed E-state index contributed by atoms with van der Waals surface area (Å²) in [4.78, 5) is 30.9. The molecule has 0 aromatic carbocycles. The summed E-state index contributed by atoms with van der Waals surface area (Å²) < 4.78 is 1.30. The number of hydrogen-bond donors (Lipinski definition) is 6. The molecule has 0 spiro atoms. The van der Waals surface area contributed by atoms with E-state index in [1.165, 1.54) is 22.9 Å². The highest BCUT2D eigenvalue weighted by Crippen LogP contribution is 2.27. The monoisotopic (exact) mass is 628 g/mol. The van der Waals surface area contributed by atoms with Gasteiger partial charge in [-0.25, -0.2) is 0 Å². The number of pyridine rings is 2. The number of nitrogens with zero attached hydrogens (tertiary/aromatic N) is 4. The molecule has 2 amide bonds. The van der Waals surface area contributed by atoms with Gasteiger partial charge in [-0.1, -0.05) is 12.1 Å². The summed E-state index contributed by atoms with van der Waals surface area (Å²) in [5.41, 5.74) is 5.22. The van der Waals surface area contributed by atoms with Crippen molar-refractivity contribution in [1.82, 2.24) is 40.2 Å². The number of aryl methyl sites for hydroxylation is 3. The van der Waals surface area contributed by atoms with Gasteiger partial charge >= 0.3 is 0 Å². The van der Waals surface area contributed by atoms with Gasteiger partial charge in [0, 0.05) is 63.8 Å². The smallest absolute Gasteiger partial charge is 0.271 e. The summed E-state index contributed by atoms with van der Waals surface area (Å²) in [5.74, 6) is -0.939. The Morgan fingerprint density at radius 1 is 0.739 bits per heavy atom. The maximum atomic E-state index is 12.9. The van der Waals surface area contributed by atoms with Crippen LogP contribution in [0.15, 0.2) is 54.9 Å². The maximum absolute atomic E-state index is 12.9. The summed E-state index contributed by atoms with van der Waals surface area (Å²) in [6, 6.07) is 11.1. The SMILES string of the molecule is Cc1ccc(=[N+]([O-])[O-])c2c(NCCNC(=O)c3cc(C(=O)NCCNc4cc[nH]c5c(C)ccc(=[N+]([O-])[O-])c4-5)n(C)n3)cc[nH]c1-2. The first kappa shape index (κ1) is 31.2. The minimum atomic E-state index is -0.490. The number of rotatable bonds is 10. The number of fused-ring (bicyclic) bond motifs is 2. The lowest BCUT2D eigenvalue weighted by atomic mass is 10.0. The van der Waals surface area contributed by atoms with E-state index in [1.54, 1.807) is 43.7 Å². The first-order valence-electron chi connectivity index (χ1n) is 14.3. The highest BCUT2D eigenvalue weighted by atomic mass is 16.8. The first-order valence-corrected chi connectivity index (χ1v) is 14.3. The number of amides is 2. The number of H-pyrrole nitrogens is 2. The fraction of sp³-hybridized carbons (Fsp3) is 0.233. The quantitative estimate of drug-likeness (QED) is 0.0960. The third-order valence-electron chi connectivity index (χ3n) is 7.47. The van der Waals surface area contributed by atoms with Crippen LogP contribution in [0.4, 0.5) is 11.4 Å². The van der Waals surface area contributed by atoms with Crippen molar-refractivity contribution in [2.24, 2.45) is 7.05 Å². The van der Waals surface area contributed by atoms with Crippen molar-refractivity contribution in [1.29, 1.82) is 0 Å². The Morgan fingerprint density at radius 2 is 1.22 bits per heavy atom. The number of benzene rings is 2. The minimum Gasteiger partial charge on any atom is -0.612 e. The molecule has 0 fully saturated rings. The summed E-state index contributed by atoms with van der Waals surface area (Å²) in [6.45, 7) is 4.65. The Bertz CT molecular complexity index is 1980. The fourth-order valence-electron chi connectivity index (χ4n) is 5.21. The highest BCUT2D eigenvalue weighted by Gasteiger charge is 2.19. The highest BCUT2D eigenvalue weighted by molar-refractivity contribution is 5.98. The Morgan fingerprint density at radius 3 is 1.70 bits per heavy atom. The molecule has 2 aliphatic heterocycles. The maximum Gasteiger partial charge on any atom is 0.271 e. The van der Waals surface area contributed by atoms with E-state index in [0.717, 1.165) is 11.1 Å². The van der Waals surface area contributed by atoms with Crippen molar-refractivity contribution in [3.63, 3.8) is 0 Å².